The van der Waals surface area contributed by atoms with E-state index in [0.717, 1.165) is 5.56 Å². The van der Waals surface area contributed by atoms with E-state index in [2.05, 4.69) is 10.6 Å². The smallest absolute Gasteiger partial charge is 0.236 e. The number of amides is 1. The number of nitrogens with one attached hydrogen (secondary N) is 2. The number of carbonyl (C=O) groups is 1. The molecule has 0 bridgehead atoms. The Hall–Kier alpha value is -1.13. The molecule has 1 atom stereocenters. The number of hydrogen-bond donors (Lipinski definition) is 2. The summed E-state index contributed by atoms with van der Waals surface area (Å²) in [4.78, 5) is 11.2. The van der Waals surface area contributed by atoms with E-state index in [4.69, 9.17) is 0 Å². The molecule has 0 saturated heterocycles. The molecule has 1 amide bonds. The van der Waals surface area contributed by atoms with E-state index >= 15 is 0 Å². The Kier molecular flexibility index (Phi) is 6.76. The van der Waals surface area contributed by atoms with E-state index < -0.39 is 0 Å². The summed E-state index contributed by atoms with van der Waals surface area (Å²) < 4.78 is 13.0. The molecule has 0 aliphatic rings. The molecule has 0 aliphatic carbocycles. The van der Waals surface area contributed by atoms with Crippen LogP contribution in [0.1, 0.15) is 18.1 Å². The highest BCUT2D eigenvalue weighted by atomic mass is 35.5. The maximum absolute atomic E-state index is 13.0. The minimum absolute atomic E-state index is 0. The van der Waals surface area contributed by atoms with Gasteiger partial charge in [0, 0.05) is 13.6 Å². The number of hydrogen-bond acceptors (Lipinski definition) is 2. The SMILES string of the molecule is CNC(=O)[C@@H](C)NCc1ccc(F)c(C)c1.Cl. The van der Waals surface area contributed by atoms with Gasteiger partial charge in [0.1, 0.15) is 5.82 Å². The highest BCUT2D eigenvalue weighted by molar-refractivity contribution is 5.85. The summed E-state index contributed by atoms with van der Waals surface area (Å²) in [5, 5.41) is 5.62. The molecule has 17 heavy (non-hydrogen) atoms. The Balaban J connectivity index is 0.00000256. The number of aryl methyl sites for hydroxylation is 1. The van der Waals surface area contributed by atoms with Crippen molar-refractivity contribution in [3.05, 3.63) is 35.1 Å². The van der Waals surface area contributed by atoms with Gasteiger partial charge in [-0.3, -0.25) is 4.79 Å². The maximum Gasteiger partial charge on any atom is 0.236 e. The van der Waals surface area contributed by atoms with Crippen LogP contribution in [0.4, 0.5) is 4.39 Å². The van der Waals surface area contributed by atoms with Crippen LogP contribution in [0.2, 0.25) is 0 Å². The first-order valence-electron chi connectivity index (χ1n) is 5.24. The molecule has 0 unspecified atom stereocenters. The fraction of sp³-hybridized carbons (Fsp3) is 0.417. The average Bonchev–Trinajstić information content (AvgIpc) is 2.29. The van der Waals surface area contributed by atoms with Gasteiger partial charge in [0.15, 0.2) is 0 Å². The summed E-state index contributed by atoms with van der Waals surface area (Å²) in [6.07, 6.45) is 0. The fourth-order valence-electron chi connectivity index (χ4n) is 1.40. The fourth-order valence-corrected chi connectivity index (χ4v) is 1.40. The van der Waals surface area contributed by atoms with E-state index in [-0.39, 0.29) is 30.2 Å². The Labute approximate surface area is 107 Å². The van der Waals surface area contributed by atoms with Gasteiger partial charge in [0.25, 0.3) is 0 Å². The van der Waals surface area contributed by atoms with Crippen molar-refractivity contribution in [1.82, 2.24) is 10.6 Å². The lowest BCUT2D eigenvalue weighted by Crippen LogP contribution is -2.40. The van der Waals surface area contributed by atoms with Gasteiger partial charge >= 0.3 is 0 Å². The van der Waals surface area contributed by atoms with E-state index in [1.54, 1.807) is 33.0 Å². The Morgan fingerprint density at radius 1 is 1.47 bits per heavy atom. The van der Waals surface area contributed by atoms with Crippen LogP contribution in [0, 0.1) is 12.7 Å². The van der Waals surface area contributed by atoms with Crippen molar-refractivity contribution in [2.45, 2.75) is 26.4 Å². The zero-order chi connectivity index (χ0) is 12.1. The first kappa shape index (κ1) is 15.9. The van der Waals surface area contributed by atoms with Crippen LogP contribution >= 0.6 is 12.4 Å². The maximum atomic E-state index is 13.0. The van der Waals surface area contributed by atoms with E-state index in [9.17, 15) is 9.18 Å². The predicted octanol–water partition coefficient (Wildman–Crippen LogP) is 1.78. The van der Waals surface area contributed by atoms with Crippen LogP contribution in [-0.4, -0.2) is 19.0 Å². The largest absolute Gasteiger partial charge is 0.358 e. The molecule has 3 nitrogen and oxygen atoms in total. The van der Waals surface area contributed by atoms with E-state index in [1.807, 2.05) is 0 Å². The number of halogens is 2. The second-order valence-corrected chi connectivity index (χ2v) is 3.80. The minimum Gasteiger partial charge on any atom is -0.358 e. The topological polar surface area (TPSA) is 41.1 Å². The molecule has 0 fully saturated rings. The zero-order valence-electron chi connectivity index (χ0n) is 10.2. The summed E-state index contributed by atoms with van der Waals surface area (Å²) in [6.45, 7) is 4.06. The summed E-state index contributed by atoms with van der Waals surface area (Å²) in [5.74, 6) is -0.262. The highest BCUT2D eigenvalue weighted by Crippen LogP contribution is 2.09. The van der Waals surface area contributed by atoms with Crippen molar-refractivity contribution < 1.29 is 9.18 Å². The van der Waals surface area contributed by atoms with Gasteiger partial charge in [-0.05, 0) is 31.0 Å². The molecule has 1 aromatic rings. The zero-order valence-corrected chi connectivity index (χ0v) is 11.0. The molecular weight excluding hydrogens is 243 g/mol. The normalized spacial score (nSPS) is 11.5. The molecule has 0 heterocycles. The lowest BCUT2D eigenvalue weighted by atomic mass is 10.1. The van der Waals surface area contributed by atoms with Crippen LogP contribution < -0.4 is 10.6 Å². The van der Waals surface area contributed by atoms with Gasteiger partial charge in [0.2, 0.25) is 5.91 Å². The monoisotopic (exact) mass is 260 g/mol. The van der Waals surface area contributed by atoms with Crippen molar-refractivity contribution in [1.29, 1.82) is 0 Å². The molecule has 0 radical (unpaired) electrons. The lowest BCUT2D eigenvalue weighted by molar-refractivity contribution is -0.122. The number of benzene rings is 1. The van der Waals surface area contributed by atoms with Gasteiger partial charge in [-0.25, -0.2) is 4.39 Å². The predicted molar refractivity (Wildman–Crippen MR) is 68.8 cm³/mol. The summed E-state index contributed by atoms with van der Waals surface area (Å²) >= 11 is 0. The van der Waals surface area contributed by atoms with Gasteiger partial charge in [0.05, 0.1) is 6.04 Å². The van der Waals surface area contributed by atoms with Gasteiger partial charge in [-0.1, -0.05) is 12.1 Å². The highest BCUT2D eigenvalue weighted by Gasteiger charge is 2.09. The lowest BCUT2D eigenvalue weighted by Gasteiger charge is -2.12. The summed E-state index contributed by atoms with van der Waals surface area (Å²) in [6, 6.07) is 4.68. The Morgan fingerprint density at radius 2 is 2.12 bits per heavy atom. The van der Waals surface area contributed by atoms with Crippen molar-refractivity contribution in [3.8, 4) is 0 Å². The second kappa shape index (κ2) is 7.25. The molecule has 0 aromatic heterocycles. The summed E-state index contributed by atoms with van der Waals surface area (Å²) in [7, 11) is 1.60. The number of likely N-dealkylation sites (N-methyl/N-ethyl adjacent to an activating group) is 1. The van der Waals surface area contributed by atoms with Gasteiger partial charge in [-0.15, -0.1) is 12.4 Å². The van der Waals surface area contributed by atoms with Gasteiger partial charge in [-0.2, -0.15) is 0 Å². The first-order valence-corrected chi connectivity index (χ1v) is 5.24. The third-order valence-electron chi connectivity index (χ3n) is 2.47. The molecule has 0 aliphatic heterocycles. The van der Waals surface area contributed by atoms with Crippen LogP contribution in [0.5, 0.6) is 0 Å². The van der Waals surface area contributed by atoms with Crippen molar-refractivity contribution in [2.24, 2.45) is 0 Å². The standard InChI is InChI=1S/C12H17FN2O.ClH/c1-8-6-10(4-5-11(8)13)7-15-9(2)12(16)14-3;/h4-6,9,15H,7H2,1-3H3,(H,14,16);1H/t9-;/m1./s1. The molecular formula is C12H18ClFN2O. The van der Waals surface area contributed by atoms with Crippen LogP contribution in [0.25, 0.3) is 0 Å². The Bertz CT molecular complexity index is 385. The first-order chi connectivity index (χ1) is 7.54. The molecule has 96 valence electrons. The third kappa shape index (κ3) is 4.71. The van der Waals surface area contributed by atoms with Crippen molar-refractivity contribution in [3.63, 3.8) is 0 Å². The molecule has 2 N–H and O–H groups in total. The molecule has 1 aromatic carbocycles. The van der Waals surface area contributed by atoms with E-state index in [0.29, 0.717) is 12.1 Å². The average molecular weight is 261 g/mol. The Morgan fingerprint density at radius 3 is 2.65 bits per heavy atom. The van der Waals surface area contributed by atoms with Crippen molar-refractivity contribution in [2.75, 3.05) is 7.05 Å². The second-order valence-electron chi connectivity index (χ2n) is 3.80. The molecule has 1 rings (SSSR count). The van der Waals surface area contributed by atoms with Crippen molar-refractivity contribution >= 4 is 18.3 Å². The van der Waals surface area contributed by atoms with Gasteiger partial charge < -0.3 is 10.6 Å². The van der Waals surface area contributed by atoms with Crippen LogP contribution in [0.15, 0.2) is 18.2 Å². The molecule has 0 saturated carbocycles. The molecule has 0 spiro atoms. The summed E-state index contributed by atoms with van der Waals surface area (Å²) in [5.41, 5.74) is 1.58. The van der Waals surface area contributed by atoms with E-state index in [1.165, 1.54) is 6.07 Å². The number of carbonyl (C=O) groups excluding carboxylic acids is 1. The van der Waals surface area contributed by atoms with Crippen LogP contribution in [-0.2, 0) is 11.3 Å². The third-order valence-corrected chi connectivity index (χ3v) is 2.47. The number of rotatable bonds is 4. The quantitative estimate of drug-likeness (QED) is 0.867. The van der Waals surface area contributed by atoms with Crippen LogP contribution in [0.3, 0.4) is 0 Å². The minimum atomic E-state index is -0.254. The molecule has 5 heteroatoms.